The van der Waals surface area contributed by atoms with Crippen LogP contribution in [0.1, 0.15) is 16.2 Å². The lowest BCUT2D eigenvalue weighted by Gasteiger charge is -2.16. The monoisotopic (exact) mass is 258 g/mol. The number of aromatic nitrogens is 2. The first-order valence-electron chi connectivity index (χ1n) is 4.18. The standard InChI is InChI=1S/C8H7F5N2O2/c1-15-4(6(16)17-2)3-5(14-15)7(9,10)8(11,12)13/h3H,1-2H3. The van der Waals surface area contributed by atoms with Crippen LogP contribution in [0.2, 0.25) is 0 Å². The van der Waals surface area contributed by atoms with E-state index in [9.17, 15) is 26.7 Å². The number of hydrogen-bond donors (Lipinski definition) is 0. The van der Waals surface area contributed by atoms with E-state index in [-0.39, 0.29) is 0 Å². The summed E-state index contributed by atoms with van der Waals surface area (Å²) in [6.45, 7) is 0. The van der Waals surface area contributed by atoms with Gasteiger partial charge in [-0.3, -0.25) is 4.68 Å². The van der Waals surface area contributed by atoms with E-state index in [0.717, 1.165) is 14.2 Å². The van der Waals surface area contributed by atoms with Crippen molar-refractivity contribution in [2.24, 2.45) is 7.05 Å². The molecule has 0 spiro atoms. The molecule has 0 radical (unpaired) electrons. The highest BCUT2D eigenvalue weighted by Crippen LogP contribution is 2.43. The summed E-state index contributed by atoms with van der Waals surface area (Å²) in [7, 11) is 2.03. The highest BCUT2D eigenvalue weighted by molar-refractivity contribution is 5.87. The van der Waals surface area contributed by atoms with Gasteiger partial charge in [-0.25, -0.2) is 4.79 Å². The number of hydrogen-bond acceptors (Lipinski definition) is 3. The number of aryl methyl sites for hydroxylation is 1. The minimum atomic E-state index is -5.77. The predicted octanol–water partition coefficient (Wildman–Crippen LogP) is 1.86. The van der Waals surface area contributed by atoms with Gasteiger partial charge in [0.1, 0.15) is 11.4 Å². The maximum Gasteiger partial charge on any atom is 0.459 e. The number of alkyl halides is 5. The van der Waals surface area contributed by atoms with Gasteiger partial charge in [-0.2, -0.15) is 27.1 Å². The lowest BCUT2D eigenvalue weighted by atomic mass is 10.2. The Morgan fingerprint density at radius 1 is 1.35 bits per heavy atom. The normalized spacial score (nSPS) is 12.6. The molecule has 1 aromatic rings. The Balaban J connectivity index is 3.23. The average molecular weight is 258 g/mol. The van der Waals surface area contributed by atoms with Crippen LogP contribution in [-0.4, -0.2) is 29.0 Å². The Labute approximate surface area is 92.0 Å². The third-order valence-corrected chi connectivity index (χ3v) is 1.95. The number of carbonyl (C=O) groups excluding carboxylic acids is 1. The van der Waals surface area contributed by atoms with E-state index >= 15 is 0 Å². The van der Waals surface area contributed by atoms with Gasteiger partial charge in [0.05, 0.1) is 7.11 Å². The first-order chi connectivity index (χ1) is 7.61. The van der Waals surface area contributed by atoms with Crippen molar-refractivity contribution >= 4 is 5.97 Å². The summed E-state index contributed by atoms with van der Waals surface area (Å²) in [5, 5.41) is 2.96. The Morgan fingerprint density at radius 3 is 2.29 bits per heavy atom. The Bertz CT molecular complexity index is 438. The molecule has 0 aliphatic carbocycles. The van der Waals surface area contributed by atoms with Gasteiger partial charge < -0.3 is 4.74 Å². The van der Waals surface area contributed by atoms with Gasteiger partial charge in [0.15, 0.2) is 0 Å². The van der Waals surface area contributed by atoms with Crippen molar-refractivity contribution in [1.29, 1.82) is 0 Å². The molecule has 1 heterocycles. The van der Waals surface area contributed by atoms with Crippen molar-refractivity contribution in [2.45, 2.75) is 12.1 Å². The first kappa shape index (κ1) is 13.4. The maximum absolute atomic E-state index is 12.9. The maximum atomic E-state index is 12.9. The van der Waals surface area contributed by atoms with Crippen molar-refractivity contribution in [2.75, 3.05) is 7.11 Å². The molecule has 96 valence electrons. The SMILES string of the molecule is COC(=O)c1cc(C(F)(F)C(F)(F)F)nn1C. The average Bonchev–Trinajstić information content (AvgIpc) is 2.58. The fraction of sp³-hybridized carbons (Fsp3) is 0.500. The zero-order valence-electron chi connectivity index (χ0n) is 8.68. The van der Waals surface area contributed by atoms with E-state index in [1.165, 1.54) is 0 Å². The van der Waals surface area contributed by atoms with E-state index in [1.807, 2.05) is 0 Å². The van der Waals surface area contributed by atoms with Gasteiger partial charge in [0, 0.05) is 13.1 Å². The second-order valence-electron chi connectivity index (χ2n) is 3.10. The van der Waals surface area contributed by atoms with Crippen LogP contribution in [0, 0.1) is 0 Å². The Kier molecular flexibility index (Phi) is 3.13. The second kappa shape index (κ2) is 3.97. The largest absolute Gasteiger partial charge is 0.464 e. The number of halogens is 5. The highest BCUT2D eigenvalue weighted by Gasteiger charge is 2.60. The summed E-state index contributed by atoms with van der Waals surface area (Å²) >= 11 is 0. The zero-order chi connectivity index (χ0) is 13.4. The molecule has 0 atom stereocenters. The summed E-state index contributed by atoms with van der Waals surface area (Å²) < 4.78 is 66.6. The highest BCUT2D eigenvalue weighted by atomic mass is 19.4. The van der Waals surface area contributed by atoms with E-state index in [2.05, 4.69) is 9.84 Å². The van der Waals surface area contributed by atoms with Gasteiger partial charge >= 0.3 is 18.1 Å². The van der Waals surface area contributed by atoms with Crippen molar-refractivity contribution in [3.05, 3.63) is 17.5 Å². The van der Waals surface area contributed by atoms with Gasteiger partial charge in [-0.15, -0.1) is 0 Å². The summed E-state index contributed by atoms with van der Waals surface area (Å²) in [6, 6.07) is 0.347. The number of rotatable bonds is 2. The number of methoxy groups -OCH3 is 1. The number of ether oxygens (including phenoxy) is 1. The van der Waals surface area contributed by atoms with Crippen LogP contribution in [0.3, 0.4) is 0 Å². The van der Waals surface area contributed by atoms with Crippen LogP contribution in [0.5, 0.6) is 0 Å². The van der Waals surface area contributed by atoms with Crippen molar-refractivity contribution in [3.8, 4) is 0 Å². The predicted molar refractivity (Wildman–Crippen MR) is 44.5 cm³/mol. The van der Waals surface area contributed by atoms with Gasteiger partial charge in [0.25, 0.3) is 0 Å². The molecule has 17 heavy (non-hydrogen) atoms. The van der Waals surface area contributed by atoms with Crippen LogP contribution in [0.15, 0.2) is 6.07 Å². The molecule has 0 N–H and O–H groups in total. The van der Waals surface area contributed by atoms with E-state index in [1.54, 1.807) is 0 Å². The third kappa shape index (κ3) is 2.22. The Hall–Kier alpha value is -1.67. The molecule has 0 aromatic carbocycles. The molecule has 0 saturated carbocycles. The molecule has 0 amide bonds. The molecular formula is C8H7F5N2O2. The summed E-state index contributed by atoms with van der Waals surface area (Å²) in [4.78, 5) is 11.0. The molecule has 1 aromatic heterocycles. The fourth-order valence-corrected chi connectivity index (χ4v) is 1.06. The van der Waals surface area contributed by atoms with Gasteiger partial charge in [-0.05, 0) is 0 Å². The van der Waals surface area contributed by atoms with Crippen LogP contribution >= 0.6 is 0 Å². The molecule has 0 aliphatic heterocycles. The topological polar surface area (TPSA) is 44.1 Å². The quantitative estimate of drug-likeness (QED) is 0.600. The van der Waals surface area contributed by atoms with Gasteiger partial charge in [-0.1, -0.05) is 0 Å². The van der Waals surface area contributed by atoms with Crippen molar-refractivity contribution < 1.29 is 31.5 Å². The van der Waals surface area contributed by atoms with Crippen LogP contribution < -0.4 is 0 Å². The van der Waals surface area contributed by atoms with Crippen molar-refractivity contribution in [3.63, 3.8) is 0 Å². The van der Waals surface area contributed by atoms with Crippen LogP contribution in [-0.2, 0) is 17.7 Å². The first-order valence-corrected chi connectivity index (χ1v) is 4.18. The molecule has 0 unspecified atom stereocenters. The minimum Gasteiger partial charge on any atom is -0.464 e. The van der Waals surface area contributed by atoms with Gasteiger partial charge in [0.2, 0.25) is 0 Å². The third-order valence-electron chi connectivity index (χ3n) is 1.95. The number of esters is 1. The smallest absolute Gasteiger partial charge is 0.459 e. The summed E-state index contributed by atoms with van der Waals surface area (Å²) in [5.41, 5.74) is -2.04. The minimum absolute atomic E-state index is 0.347. The number of carbonyl (C=O) groups is 1. The summed E-state index contributed by atoms with van der Waals surface area (Å²) in [6.07, 6.45) is -5.77. The van der Waals surface area contributed by atoms with E-state index in [0.29, 0.717) is 10.7 Å². The molecule has 0 aliphatic rings. The molecule has 9 heteroatoms. The zero-order valence-corrected chi connectivity index (χ0v) is 8.68. The van der Waals surface area contributed by atoms with Crippen molar-refractivity contribution in [1.82, 2.24) is 9.78 Å². The lowest BCUT2D eigenvalue weighted by Crippen LogP contribution is -2.34. The molecule has 1 rings (SSSR count). The van der Waals surface area contributed by atoms with Crippen LogP contribution in [0.25, 0.3) is 0 Å². The molecule has 0 fully saturated rings. The molecular weight excluding hydrogens is 251 g/mol. The summed E-state index contributed by atoms with van der Waals surface area (Å²) in [5.74, 6) is -6.17. The number of nitrogens with zero attached hydrogens (tertiary/aromatic N) is 2. The Morgan fingerprint density at radius 2 is 1.88 bits per heavy atom. The van der Waals surface area contributed by atoms with E-state index in [4.69, 9.17) is 0 Å². The molecule has 0 saturated heterocycles. The molecule has 4 nitrogen and oxygen atoms in total. The molecule has 0 bridgehead atoms. The fourth-order valence-electron chi connectivity index (χ4n) is 1.06. The second-order valence-corrected chi connectivity index (χ2v) is 3.10. The van der Waals surface area contributed by atoms with E-state index < -0.39 is 29.5 Å². The lowest BCUT2D eigenvalue weighted by molar-refractivity contribution is -0.291. The van der Waals surface area contributed by atoms with Crippen LogP contribution in [0.4, 0.5) is 22.0 Å².